The van der Waals surface area contributed by atoms with Crippen molar-refractivity contribution < 1.29 is 13.2 Å². The van der Waals surface area contributed by atoms with Crippen LogP contribution in [0.2, 0.25) is 0 Å². The molecule has 0 radical (unpaired) electrons. The molecule has 2 unspecified atom stereocenters. The van der Waals surface area contributed by atoms with Crippen molar-refractivity contribution in [2.75, 3.05) is 31.6 Å². The van der Waals surface area contributed by atoms with E-state index < -0.39 is 17.5 Å². The molecule has 21 heavy (non-hydrogen) atoms. The monoisotopic (exact) mass is 318 g/mol. The third-order valence-electron chi connectivity index (χ3n) is 3.84. The molecule has 0 aromatic heterocycles. The Bertz CT molecular complexity index is 484. The Morgan fingerprint density at radius 1 is 1.33 bits per heavy atom. The van der Waals surface area contributed by atoms with Crippen LogP contribution in [0.15, 0.2) is 12.1 Å². The minimum Gasteiger partial charge on any atom is -0.309 e. The second-order valence-electron chi connectivity index (χ2n) is 5.32. The molecule has 0 saturated carbocycles. The van der Waals surface area contributed by atoms with Crippen molar-refractivity contribution in [2.45, 2.75) is 25.4 Å². The van der Waals surface area contributed by atoms with Gasteiger partial charge in [-0.25, -0.2) is 13.2 Å². The minimum absolute atomic E-state index is 0.0645. The standard InChI is InChI=1S/C15H21F3N2S/c1-3-6-19-15(12-9-21-8-7-20(12)2)10-4-5-11(16)14(18)13(10)17/h4-5,12,15,19H,3,6-9H2,1-2H3. The predicted octanol–water partition coefficient (Wildman–Crippen LogP) is 3.19. The summed E-state index contributed by atoms with van der Waals surface area (Å²) in [6.45, 7) is 3.63. The second kappa shape index (κ2) is 7.51. The molecule has 1 N–H and O–H groups in total. The zero-order chi connectivity index (χ0) is 15.4. The number of likely N-dealkylation sites (N-methyl/N-ethyl adjacent to an activating group) is 1. The molecule has 118 valence electrons. The Morgan fingerprint density at radius 3 is 2.76 bits per heavy atom. The second-order valence-corrected chi connectivity index (χ2v) is 6.47. The van der Waals surface area contributed by atoms with Crippen LogP contribution < -0.4 is 5.32 Å². The van der Waals surface area contributed by atoms with Crippen LogP contribution >= 0.6 is 11.8 Å². The first-order valence-corrected chi connectivity index (χ1v) is 8.36. The van der Waals surface area contributed by atoms with Crippen LogP contribution in [0.3, 0.4) is 0 Å². The van der Waals surface area contributed by atoms with Crippen LogP contribution in [0, 0.1) is 17.5 Å². The topological polar surface area (TPSA) is 15.3 Å². The number of nitrogens with one attached hydrogen (secondary N) is 1. The van der Waals surface area contributed by atoms with Crippen LogP contribution in [0.25, 0.3) is 0 Å². The Morgan fingerprint density at radius 2 is 2.10 bits per heavy atom. The molecular weight excluding hydrogens is 297 g/mol. The number of rotatable bonds is 5. The molecule has 1 aromatic rings. The highest BCUT2D eigenvalue weighted by atomic mass is 32.2. The van der Waals surface area contributed by atoms with Crippen LogP contribution in [0.5, 0.6) is 0 Å². The first kappa shape index (κ1) is 16.6. The summed E-state index contributed by atoms with van der Waals surface area (Å²) in [5.74, 6) is -1.73. The van der Waals surface area contributed by atoms with Crippen LogP contribution in [-0.2, 0) is 0 Å². The quantitative estimate of drug-likeness (QED) is 0.840. The van der Waals surface area contributed by atoms with Crippen molar-refractivity contribution >= 4 is 11.8 Å². The molecule has 6 heteroatoms. The van der Waals surface area contributed by atoms with Gasteiger partial charge in [0.2, 0.25) is 0 Å². The van der Waals surface area contributed by atoms with Gasteiger partial charge in [0.25, 0.3) is 0 Å². The fourth-order valence-electron chi connectivity index (χ4n) is 2.59. The lowest BCUT2D eigenvalue weighted by molar-refractivity contribution is 0.212. The van der Waals surface area contributed by atoms with Gasteiger partial charge in [0.05, 0.1) is 6.04 Å². The third-order valence-corrected chi connectivity index (χ3v) is 4.89. The Kier molecular flexibility index (Phi) is 5.96. The fraction of sp³-hybridized carbons (Fsp3) is 0.600. The van der Waals surface area contributed by atoms with E-state index in [4.69, 9.17) is 0 Å². The SMILES string of the molecule is CCCNC(c1ccc(F)c(F)c1F)C1CSCCN1C. The Labute approximate surface area is 128 Å². The summed E-state index contributed by atoms with van der Waals surface area (Å²) in [6, 6.07) is 2.09. The van der Waals surface area contributed by atoms with Gasteiger partial charge in [-0.1, -0.05) is 13.0 Å². The number of thioether (sulfide) groups is 1. The largest absolute Gasteiger partial charge is 0.309 e. The fourth-order valence-corrected chi connectivity index (χ4v) is 3.86. The van der Waals surface area contributed by atoms with Gasteiger partial charge >= 0.3 is 0 Å². The highest BCUT2D eigenvalue weighted by Crippen LogP contribution is 2.30. The first-order valence-electron chi connectivity index (χ1n) is 7.21. The minimum atomic E-state index is -1.39. The average molecular weight is 318 g/mol. The number of hydrogen-bond acceptors (Lipinski definition) is 3. The summed E-state index contributed by atoms with van der Waals surface area (Å²) >= 11 is 1.80. The van der Waals surface area contributed by atoms with Gasteiger partial charge in [-0.15, -0.1) is 0 Å². The summed E-state index contributed by atoms with van der Waals surface area (Å²) < 4.78 is 40.8. The average Bonchev–Trinajstić information content (AvgIpc) is 2.48. The zero-order valence-electron chi connectivity index (χ0n) is 12.3. The molecule has 1 saturated heterocycles. The van der Waals surface area contributed by atoms with E-state index in [0.29, 0.717) is 6.54 Å². The molecule has 1 heterocycles. The third kappa shape index (κ3) is 3.73. The van der Waals surface area contributed by atoms with Crippen molar-refractivity contribution in [3.05, 3.63) is 35.1 Å². The van der Waals surface area contributed by atoms with E-state index in [0.717, 1.165) is 30.5 Å². The van der Waals surface area contributed by atoms with E-state index in [-0.39, 0.29) is 17.6 Å². The summed E-state index contributed by atoms with van der Waals surface area (Å²) in [5.41, 5.74) is 0.210. The molecule has 0 aliphatic carbocycles. The van der Waals surface area contributed by atoms with E-state index in [1.165, 1.54) is 6.07 Å². The van der Waals surface area contributed by atoms with Gasteiger partial charge in [-0.3, -0.25) is 4.90 Å². The molecule has 1 aliphatic rings. The number of nitrogens with zero attached hydrogens (tertiary/aromatic N) is 1. The van der Waals surface area contributed by atoms with Gasteiger partial charge < -0.3 is 5.32 Å². The summed E-state index contributed by atoms with van der Waals surface area (Å²) in [4.78, 5) is 2.16. The highest BCUT2D eigenvalue weighted by Gasteiger charge is 2.31. The molecule has 2 atom stereocenters. The van der Waals surface area contributed by atoms with Crippen molar-refractivity contribution in [3.8, 4) is 0 Å². The summed E-state index contributed by atoms with van der Waals surface area (Å²) in [5, 5.41) is 3.29. The Balaban J connectivity index is 2.33. The molecular formula is C15H21F3N2S. The maximum atomic E-state index is 14.1. The van der Waals surface area contributed by atoms with Crippen molar-refractivity contribution in [2.24, 2.45) is 0 Å². The van der Waals surface area contributed by atoms with Gasteiger partial charge in [-0.05, 0) is 26.1 Å². The van der Waals surface area contributed by atoms with Gasteiger partial charge in [0, 0.05) is 29.7 Å². The van der Waals surface area contributed by atoms with Crippen LogP contribution in [0.1, 0.15) is 24.9 Å². The Hall–Kier alpha value is -0.720. The van der Waals surface area contributed by atoms with Gasteiger partial charge in [-0.2, -0.15) is 11.8 Å². The molecule has 0 bridgehead atoms. The van der Waals surface area contributed by atoms with Crippen LogP contribution in [-0.4, -0.2) is 42.6 Å². The lowest BCUT2D eigenvalue weighted by Crippen LogP contribution is -2.48. The summed E-state index contributed by atoms with van der Waals surface area (Å²) in [6.07, 6.45) is 0.894. The molecule has 1 fully saturated rings. The predicted molar refractivity (Wildman–Crippen MR) is 81.1 cm³/mol. The van der Waals surface area contributed by atoms with Crippen molar-refractivity contribution in [1.82, 2.24) is 10.2 Å². The molecule has 0 amide bonds. The highest BCUT2D eigenvalue weighted by molar-refractivity contribution is 7.99. The normalized spacial score (nSPS) is 21.5. The van der Waals surface area contributed by atoms with E-state index >= 15 is 0 Å². The van der Waals surface area contributed by atoms with Crippen molar-refractivity contribution in [3.63, 3.8) is 0 Å². The first-order chi connectivity index (χ1) is 10.1. The molecule has 1 aliphatic heterocycles. The maximum absolute atomic E-state index is 14.1. The van der Waals surface area contributed by atoms with Crippen molar-refractivity contribution in [1.29, 1.82) is 0 Å². The molecule has 1 aromatic carbocycles. The smallest absolute Gasteiger partial charge is 0.194 e. The number of hydrogen-bond donors (Lipinski definition) is 1. The van der Waals surface area contributed by atoms with Gasteiger partial charge in [0.1, 0.15) is 0 Å². The lowest BCUT2D eigenvalue weighted by Gasteiger charge is -2.38. The molecule has 2 nitrogen and oxygen atoms in total. The maximum Gasteiger partial charge on any atom is 0.194 e. The van der Waals surface area contributed by atoms with Crippen LogP contribution in [0.4, 0.5) is 13.2 Å². The van der Waals surface area contributed by atoms with E-state index in [1.807, 2.05) is 14.0 Å². The summed E-state index contributed by atoms with van der Waals surface area (Å²) in [7, 11) is 1.99. The van der Waals surface area contributed by atoms with Gasteiger partial charge in [0.15, 0.2) is 17.5 Å². The molecule has 0 spiro atoms. The van der Waals surface area contributed by atoms with E-state index in [2.05, 4.69) is 10.2 Å². The molecule has 2 rings (SSSR count). The number of halogens is 3. The van der Waals surface area contributed by atoms with E-state index in [1.54, 1.807) is 11.8 Å². The zero-order valence-corrected chi connectivity index (χ0v) is 13.2. The lowest BCUT2D eigenvalue weighted by atomic mass is 9.98. The number of benzene rings is 1. The van der Waals surface area contributed by atoms with E-state index in [9.17, 15) is 13.2 Å².